The molecule has 0 unspecified atom stereocenters. The maximum absolute atomic E-state index is 11.9. The van der Waals surface area contributed by atoms with Crippen LogP contribution in [0.4, 0.5) is 5.69 Å². The number of hydrogen-bond acceptors (Lipinski definition) is 6. The van der Waals surface area contributed by atoms with Crippen LogP contribution in [-0.2, 0) is 19.1 Å². The number of amides is 1. The van der Waals surface area contributed by atoms with Gasteiger partial charge in [-0.15, -0.1) is 0 Å². The van der Waals surface area contributed by atoms with Gasteiger partial charge in [0.05, 0.1) is 18.4 Å². The van der Waals surface area contributed by atoms with Gasteiger partial charge in [0.2, 0.25) is 0 Å². The van der Waals surface area contributed by atoms with Gasteiger partial charge < -0.3 is 19.5 Å². The van der Waals surface area contributed by atoms with E-state index in [0.29, 0.717) is 5.75 Å². The molecule has 7 nitrogen and oxygen atoms in total. The molecule has 0 aliphatic rings. The first-order valence-electron chi connectivity index (χ1n) is 7.41. The molecule has 2 aromatic rings. The predicted molar refractivity (Wildman–Crippen MR) is 89.3 cm³/mol. The molecular formula is C18H17NO6. The topological polar surface area (TPSA) is 90.9 Å². The minimum absolute atomic E-state index is 0.206. The smallest absolute Gasteiger partial charge is 0.344 e. The average Bonchev–Trinajstić information content (AvgIpc) is 2.65. The van der Waals surface area contributed by atoms with Gasteiger partial charge >= 0.3 is 11.9 Å². The van der Waals surface area contributed by atoms with Crippen molar-refractivity contribution in [1.82, 2.24) is 0 Å². The number of hydrogen-bond donors (Lipinski definition) is 1. The third-order valence-corrected chi connectivity index (χ3v) is 3.07. The fourth-order valence-electron chi connectivity index (χ4n) is 1.91. The van der Waals surface area contributed by atoms with E-state index >= 15 is 0 Å². The fourth-order valence-corrected chi connectivity index (χ4v) is 1.91. The number of carbonyl (C=O) groups excluding carboxylic acids is 3. The molecule has 0 heterocycles. The maximum Gasteiger partial charge on any atom is 0.344 e. The Labute approximate surface area is 144 Å². The lowest BCUT2D eigenvalue weighted by Crippen LogP contribution is -2.24. The van der Waals surface area contributed by atoms with Gasteiger partial charge in [0.15, 0.2) is 13.2 Å². The van der Waals surface area contributed by atoms with Gasteiger partial charge in [0.25, 0.3) is 5.91 Å². The third kappa shape index (κ3) is 5.65. The van der Waals surface area contributed by atoms with Gasteiger partial charge in [-0.2, -0.15) is 0 Å². The first-order valence-corrected chi connectivity index (χ1v) is 7.41. The van der Waals surface area contributed by atoms with Crippen molar-refractivity contribution in [1.29, 1.82) is 0 Å². The zero-order valence-electron chi connectivity index (χ0n) is 13.6. The van der Waals surface area contributed by atoms with Crippen LogP contribution >= 0.6 is 0 Å². The summed E-state index contributed by atoms with van der Waals surface area (Å²) in [5, 5.41) is 2.50. The second-order valence-corrected chi connectivity index (χ2v) is 4.85. The maximum atomic E-state index is 11.9. The van der Waals surface area contributed by atoms with E-state index in [0.717, 1.165) is 0 Å². The molecule has 2 rings (SSSR count). The number of nitrogens with one attached hydrogen (secondary N) is 1. The largest absolute Gasteiger partial charge is 0.482 e. The summed E-state index contributed by atoms with van der Waals surface area (Å²) in [6, 6.07) is 15.1. The molecule has 130 valence electrons. The van der Waals surface area contributed by atoms with E-state index < -0.39 is 24.5 Å². The molecule has 0 aliphatic carbocycles. The van der Waals surface area contributed by atoms with Crippen molar-refractivity contribution in [2.75, 3.05) is 25.6 Å². The van der Waals surface area contributed by atoms with Gasteiger partial charge in [0, 0.05) is 0 Å². The van der Waals surface area contributed by atoms with Gasteiger partial charge in [-0.1, -0.05) is 30.3 Å². The van der Waals surface area contributed by atoms with Crippen LogP contribution in [0.25, 0.3) is 0 Å². The van der Waals surface area contributed by atoms with Gasteiger partial charge in [0.1, 0.15) is 5.75 Å². The van der Waals surface area contributed by atoms with E-state index in [4.69, 9.17) is 9.47 Å². The van der Waals surface area contributed by atoms with Crippen LogP contribution < -0.4 is 10.1 Å². The number of benzene rings is 2. The predicted octanol–water partition coefficient (Wildman–Crippen LogP) is 2.03. The zero-order chi connectivity index (χ0) is 18.1. The Morgan fingerprint density at radius 2 is 1.60 bits per heavy atom. The zero-order valence-corrected chi connectivity index (χ0v) is 13.6. The highest BCUT2D eigenvalue weighted by Crippen LogP contribution is 2.15. The van der Waals surface area contributed by atoms with E-state index in [-0.39, 0.29) is 17.9 Å². The highest BCUT2D eigenvalue weighted by molar-refractivity contribution is 6.01. The molecule has 0 fully saturated rings. The number of ether oxygens (including phenoxy) is 3. The number of anilines is 1. The lowest BCUT2D eigenvalue weighted by atomic mass is 10.2. The van der Waals surface area contributed by atoms with Crippen molar-refractivity contribution < 1.29 is 28.6 Å². The van der Waals surface area contributed by atoms with E-state index in [1.807, 2.05) is 6.07 Å². The molecule has 0 aliphatic heterocycles. The molecule has 2 aromatic carbocycles. The van der Waals surface area contributed by atoms with Crippen molar-refractivity contribution in [3.8, 4) is 5.75 Å². The lowest BCUT2D eigenvalue weighted by molar-refractivity contribution is -0.149. The summed E-state index contributed by atoms with van der Waals surface area (Å²) in [5.74, 6) is -1.32. The molecule has 1 amide bonds. The number of methoxy groups -OCH3 is 1. The molecule has 0 saturated heterocycles. The molecule has 0 atom stereocenters. The van der Waals surface area contributed by atoms with E-state index in [1.54, 1.807) is 42.5 Å². The molecule has 7 heteroatoms. The van der Waals surface area contributed by atoms with E-state index in [2.05, 4.69) is 10.1 Å². The standard InChI is InChI=1S/C18H17NO6/c1-23-18(22)14-9-5-6-10-15(14)19-16(20)11-25-17(21)12-24-13-7-3-2-4-8-13/h2-10H,11-12H2,1H3,(H,19,20). The first kappa shape index (κ1) is 18.0. The Hall–Kier alpha value is -3.35. The summed E-state index contributed by atoms with van der Waals surface area (Å²) in [6.45, 7) is -0.803. The van der Waals surface area contributed by atoms with Gasteiger partial charge in [-0.05, 0) is 24.3 Å². The van der Waals surface area contributed by atoms with Crippen molar-refractivity contribution in [2.45, 2.75) is 0 Å². The van der Waals surface area contributed by atoms with Crippen LogP contribution in [0.2, 0.25) is 0 Å². The highest BCUT2D eigenvalue weighted by atomic mass is 16.6. The highest BCUT2D eigenvalue weighted by Gasteiger charge is 2.14. The van der Waals surface area contributed by atoms with Crippen LogP contribution in [0, 0.1) is 0 Å². The summed E-state index contributed by atoms with van der Waals surface area (Å²) in [4.78, 5) is 35.1. The van der Waals surface area contributed by atoms with Crippen LogP contribution in [0.3, 0.4) is 0 Å². The third-order valence-electron chi connectivity index (χ3n) is 3.07. The Kier molecular flexibility index (Phi) is 6.53. The number of rotatable bonds is 7. The fraction of sp³-hybridized carbons (Fsp3) is 0.167. The Morgan fingerprint density at radius 3 is 2.32 bits per heavy atom. The Bertz CT molecular complexity index is 744. The molecule has 0 bridgehead atoms. The second-order valence-electron chi connectivity index (χ2n) is 4.85. The normalized spacial score (nSPS) is 9.80. The quantitative estimate of drug-likeness (QED) is 0.774. The van der Waals surface area contributed by atoms with Crippen molar-refractivity contribution in [2.24, 2.45) is 0 Å². The average molecular weight is 343 g/mol. The monoisotopic (exact) mass is 343 g/mol. The molecule has 0 radical (unpaired) electrons. The summed E-state index contributed by atoms with van der Waals surface area (Å²) in [7, 11) is 1.25. The van der Waals surface area contributed by atoms with Crippen LogP contribution in [0.15, 0.2) is 54.6 Å². The number of carbonyl (C=O) groups is 3. The molecule has 25 heavy (non-hydrogen) atoms. The van der Waals surface area contributed by atoms with Crippen LogP contribution in [0.1, 0.15) is 10.4 Å². The van der Waals surface area contributed by atoms with E-state index in [1.165, 1.54) is 13.2 Å². The Morgan fingerprint density at radius 1 is 0.920 bits per heavy atom. The minimum Gasteiger partial charge on any atom is -0.482 e. The SMILES string of the molecule is COC(=O)c1ccccc1NC(=O)COC(=O)COc1ccccc1. The molecule has 0 spiro atoms. The Balaban J connectivity index is 1.81. The second kappa shape index (κ2) is 9.07. The van der Waals surface area contributed by atoms with Gasteiger partial charge in [-0.25, -0.2) is 9.59 Å². The van der Waals surface area contributed by atoms with Crippen molar-refractivity contribution in [3.05, 3.63) is 60.2 Å². The number of esters is 2. The molecule has 0 aromatic heterocycles. The lowest BCUT2D eigenvalue weighted by Gasteiger charge is -2.10. The summed E-state index contributed by atoms with van der Waals surface area (Å²) < 4.78 is 14.7. The summed E-state index contributed by atoms with van der Waals surface area (Å²) >= 11 is 0. The number of para-hydroxylation sites is 2. The van der Waals surface area contributed by atoms with E-state index in [9.17, 15) is 14.4 Å². The van der Waals surface area contributed by atoms with Crippen molar-refractivity contribution >= 4 is 23.5 Å². The van der Waals surface area contributed by atoms with Gasteiger partial charge in [-0.3, -0.25) is 4.79 Å². The van der Waals surface area contributed by atoms with Crippen LogP contribution in [-0.4, -0.2) is 38.2 Å². The molecular weight excluding hydrogens is 326 g/mol. The minimum atomic E-state index is -0.680. The van der Waals surface area contributed by atoms with Crippen LogP contribution in [0.5, 0.6) is 5.75 Å². The van der Waals surface area contributed by atoms with Crippen molar-refractivity contribution in [3.63, 3.8) is 0 Å². The summed E-state index contributed by atoms with van der Waals surface area (Å²) in [5.41, 5.74) is 0.480. The first-order chi connectivity index (χ1) is 12.1. The summed E-state index contributed by atoms with van der Waals surface area (Å²) in [6.07, 6.45) is 0. The molecule has 0 saturated carbocycles. The molecule has 1 N–H and O–H groups in total.